The third kappa shape index (κ3) is 3.46. The molecule has 0 saturated heterocycles. The SMILES string of the molecule is Cc1ccc2c(c1)/C(=C\CCN(C)C)c1ccccc1CS2=O. The molecule has 1 aliphatic rings. The first-order chi connectivity index (χ1) is 11.1. The maximum atomic E-state index is 12.8. The van der Waals surface area contributed by atoms with Crippen LogP contribution in [0.1, 0.15) is 28.7 Å². The van der Waals surface area contributed by atoms with Crippen LogP contribution >= 0.6 is 0 Å². The highest BCUT2D eigenvalue weighted by atomic mass is 32.2. The van der Waals surface area contributed by atoms with E-state index in [9.17, 15) is 4.21 Å². The Morgan fingerprint density at radius 1 is 1.13 bits per heavy atom. The summed E-state index contributed by atoms with van der Waals surface area (Å²) in [4.78, 5) is 3.15. The van der Waals surface area contributed by atoms with Gasteiger partial charge in [-0.15, -0.1) is 0 Å². The van der Waals surface area contributed by atoms with Crippen molar-refractivity contribution in [1.29, 1.82) is 0 Å². The second kappa shape index (κ2) is 6.81. The van der Waals surface area contributed by atoms with E-state index >= 15 is 0 Å². The van der Waals surface area contributed by atoms with E-state index in [2.05, 4.69) is 62.3 Å². The lowest BCUT2D eigenvalue weighted by Gasteiger charge is -2.13. The molecule has 1 heterocycles. The van der Waals surface area contributed by atoms with Gasteiger partial charge in [-0.2, -0.15) is 0 Å². The van der Waals surface area contributed by atoms with Gasteiger partial charge in [0.1, 0.15) is 0 Å². The van der Waals surface area contributed by atoms with Crippen LogP contribution in [0.3, 0.4) is 0 Å². The summed E-state index contributed by atoms with van der Waals surface area (Å²) in [6, 6.07) is 14.6. The molecular weight excluding hydrogens is 302 g/mol. The summed E-state index contributed by atoms with van der Waals surface area (Å²) < 4.78 is 12.8. The summed E-state index contributed by atoms with van der Waals surface area (Å²) in [5, 5.41) is 0. The highest BCUT2D eigenvalue weighted by Crippen LogP contribution is 2.36. The molecule has 0 spiro atoms. The molecule has 0 N–H and O–H groups in total. The summed E-state index contributed by atoms with van der Waals surface area (Å²) in [6.45, 7) is 3.10. The predicted octanol–water partition coefficient (Wildman–Crippen LogP) is 4.00. The fraction of sp³-hybridized carbons (Fsp3) is 0.300. The molecule has 3 rings (SSSR count). The van der Waals surface area contributed by atoms with Gasteiger partial charge >= 0.3 is 0 Å². The van der Waals surface area contributed by atoms with Gasteiger partial charge in [0, 0.05) is 11.4 Å². The highest BCUT2D eigenvalue weighted by Gasteiger charge is 2.22. The van der Waals surface area contributed by atoms with Crippen molar-refractivity contribution < 1.29 is 4.21 Å². The topological polar surface area (TPSA) is 20.3 Å². The van der Waals surface area contributed by atoms with Crippen molar-refractivity contribution >= 4 is 16.4 Å². The summed E-state index contributed by atoms with van der Waals surface area (Å²) in [7, 11) is 3.19. The minimum Gasteiger partial charge on any atom is -0.309 e. The van der Waals surface area contributed by atoms with Crippen LogP contribution in [-0.2, 0) is 16.6 Å². The summed E-state index contributed by atoms with van der Waals surface area (Å²) in [6.07, 6.45) is 3.29. The molecule has 2 nitrogen and oxygen atoms in total. The first-order valence-corrected chi connectivity index (χ1v) is 9.30. The van der Waals surface area contributed by atoms with Crippen molar-refractivity contribution in [1.82, 2.24) is 4.90 Å². The van der Waals surface area contributed by atoms with Crippen molar-refractivity contribution in [2.45, 2.75) is 24.0 Å². The average molecular weight is 325 g/mol. The molecule has 0 aliphatic carbocycles. The predicted molar refractivity (Wildman–Crippen MR) is 98.0 cm³/mol. The smallest absolute Gasteiger partial charge is 0.0580 e. The maximum Gasteiger partial charge on any atom is 0.0580 e. The molecule has 1 aliphatic heterocycles. The summed E-state index contributed by atoms with van der Waals surface area (Å²) >= 11 is 0. The molecule has 0 bridgehead atoms. The Labute approximate surface area is 141 Å². The molecule has 0 aromatic heterocycles. The number of nitrogens with zero attached hydrogens (tertiary/aromatic N) is 1. The maximum absolute atomic E-state index is 12.8. The average Bonchev–Trinajstić information content (AvgIpc) is 2.62. The Morgan fingerprint density at radius 2 is 1.91 bits per heavy atom. The number of aryl methyl sites for hydroxylation is 1. The van der Waals surface area contributed by atoms with Crippen molar-refractivity contribution in [2.75, 3.05) is 20.6 Å². The Hall–Kier alpha value is -1.71. The van der Waals surface area contributed by atoms with Crippen molar-refractivity contribution in [3.8, 4) is 0 Å². The molecule has 120 valence electrons. The van der Waals surface area contributed by atoms with Crippen molar-refractivity contribution in [2.24, 2.45) is 0 Å². The van der Waals surface area contributed by atoms with E-state index in [1.165, 1.54) is 22.3 Å². The Kier molecular flexibility index (Phi) is 4.79. The van der Waals surface area contributed by atoms with E-state index in [4.69, 9.17) is 0 Å². The van der Waals surface area contributed by atoms with Crippen LogP contribution < -0.4 is 0 Å². The van der Waals surface area contributed by atoms with E-state index < -0.39 is 10.8 Å². The van der Waals surface area contributed by atoms with Crippen LogP contribution in [-0.4, -0.2) is 29.7 Å². The number of hydrogen-bond donors (Lipinski definition) is 0. The van der Waals surface area contributed by atoms with Gasteiger partial charge in [0.15, 0.2) is 0 Å². The van der Waals surface area contributed by atoms with Crippen LogP contribution in [0.15, 0.2) is 53.4 Å². The van der Waals surface area contributed by atoms with E-state index in [0.717, 1.165) is 23.4 Å². The third-order valence-corrected chi connectivity index (χ3v) is 5.61. The van der Waals surface area contributed by atoms with Gasteiger partial charge in [0.25, 0.3) is 0 Å². The summed E-state index contributed by atoms with van der Waals surface area (Å²) in [5.74, 6) is 0.594. The Morgan fingerprint density at radius 3 is 2.70 bits per heavy atom. The molecular formula is C20H23NOS. The van der Waals surface area contributed by atoms with E-state index in [-0.39, 0.29) is 0 Å². The quantitative estimate of drug-likeness (QED) is 0.850. The van der Waals surface area contributed by atoms with E-state index in [1.54, 1.807) is 0 Å². The zero-order valence-electron chi connectivity index (χ0n) is 14.0. The molecule has 0 fully saturated rings. The van der Waals surface area contributed by atoms with Crippen molar-refractivity contribution in [3.63, 3.8) is 0 Å². The molecule has 23 heavy (non-hydrogen) atoms. The molecule has 1 atom stereocenters. The lowest BCUT2D eigenvalue weighted by atomic mass is 9.93. The zero-order valence-corrected chi connectivity index (χ0v) is 14.8. The fourth-order valence-electron chi connectivity index (χ4n) is 3.01. The van der Waals surface area contributed by atoms with Gasteiger partial charge in [0.05, 0.1) is 16.6 Å². The minimum absolute atomic E-state index is 0.594. The molecule has 0 saturated carbocycles. The van der Waals surface area contributed by atoms with Gasteiger partial charge in [-0.1, -0.05) is 48.0 Å². The largest absolute Gasteiger partial charge is 0.309 e. The highest BCUT2D eigenvalue weighted by molar-refractivity contribution is 7.84. The monoisotopic (exact) mass is 325 g/mol. The molecule has 1 unspecified atom stereocenters. The van der Waals surface area contributed by atoms with Crippen LogP contribution in [0.4, 0.5) is 0 Å². The molecule has 2 aromatic rings. The Bertz CT molecular complexity index is 777. The molecule has 2 aromatic carbocycles. The third-order valence-electron chi connectivity index (χ3n) is 4.19. The lowest BCUT2D eigenvalue weighted by molar-refractivity contribution is 0.417. The lowest BCUT2D eigenvalue weighted by Crippen LogP contribution is -2.12. The zero-order chi connectivity index (χ0) is 16.4. The van der Waals surface area contributed by atoms with Gasteiger partial charge in [-0.3, -0.25) is 4.21 Å². The van der Waals surface area contributed by atoms with Crippen molar-refractivity contribution in [3.05, 3.63) is 70.8 Å². The minimum atomic E-state index is -0.988. The van der Waals surface area contributed by atoms with Gasteiger partial charge < -0.3 is 4.90 Å². The standard InChI is InChI=1S/C20H23NOS/c1-15-10-11-20-19(13-15)18(9-6-12-21(2)3)17-8-5-4-7-16(17)14-23(20)22/h4-5,7-11,13H,6,12,14H2,1-3H3/b18-9-. The van der Waals surface area contributed by atoms with Crippen LogP contribution in [0.25, 0.3) is 5.57 Å². The number of hydrogen-bond acceptors (Lipinski definition) is 2. The van der Waals surface area contributed by atoms with Crippen LogP contribution in [0, 0.1) is 6.92 Å². The number of fused-ring (bicyclic) bond motifs is 2. The van der Waals surface area contributed by atoms with E-state index in [0.29, 0.717) is 5.75 Å². The first kappa shape index (κ1) is 16.2. The fourth-order valence-corrected chi connectivity index (χ4v) is 4.34. The van der Waals surface area contributed by atoms with Gasteiger partial charge in [-0.25, -0.2) is 0 Å². The first-order valence-electron chi connectivity index (χ1n) is 7.99. The molecule has 0 radical (unpaired) electrons. The normalized spacial score (nSPS) is 18.6. The number of benzene rings is 2. The number of rotatable bonds is 3. The molecule has 3 heteroatoms. The van der Waals surface area contributed by atoms with Gasteiger partial charge in [0.2, 0.25) is 0 Å². The van der Waals surface area contributed by atoms with Crippen LogP contribution in [0.5, 0.6) is 0 Å². The molecule has 0 amide bonds. The van der Waals surface area contributed by atoms with Gasteiger partial charge in [-0.05, 0) is 55.8 Å². The summed E-state index contributed by atoms with van der Waals surface area (Å²) in [5.41, 5.74) is 5.97. The second-order valence-electron chi connectivity index (χ2n) is 6.36. The second-order valence-corrected chi connectivity index (χ2v) is 7.78. The van der Waals surface area contributed by atoms with Crippen LogP contribution in [0.2, 0.25) is 0 Å². The van der Waals surface area contributed by atoms with E-state index in [1.807, 2.05) is 12.1 Å². The Balaban J connectivity index is 2.17.